The van der Waals surface area contributed by atoms with Gasteiger partial charge < -0.3 is 25.8 Å². The van der Waals surface area contributed by atoms with E-state index in [1.165, 1.54) is 13.4 Å². The maximum atomic E-state index is 12.4. The normalized spacial score (nSPS) is 10.2. The summed E-state index contributed by atoms with van der Waals surface area (Å²) < 4.78 is 0. The molecular formula is C21H22N6O3. The Kier molecular flexibility index (Phi) is 6.11. The van der Waals surface area contributed by atoms with Crippen LogP contribution in [0.2, 0.25) is 0 Å². The number of aromatic amines is 1. The van der Waals surface area contributed by atoms with E-state index in [9.17, 15) is 14.4 Å². The van der Waals surface area contributed by atoms with Crippen LogP contribution in [0.4, 0.5) is 17.1 Å². The highest BCUT2D eigenvalue weighted by atomic mass is 16.2. The summed E-state index contributed by atoms with van der Waals surface area (Å²) in [7, 11) is 5.32. The summed E-state index contributed by atoms with van der Waals surface area (Å²) in [5.41, 5.74) is 2.71. The van der Waals surface area contributed by atoms with Crippen molar-refractivity contribution in [1.29, 1.82) is 0 Å². The average molecular weight is 406 g/mol. The zero-order valence-corrected chi connectivity index (χ0v) is 16.8. The first-order valence-corrected chi connectivity index (χ1v) is 9.14. The first kappa shape index (κ1) is 20.6. The van der Waals surface area contributed by atoms with Crippen LogP contribution in [0.25, 0.3) is 0 Å². The summed E-state index contributed by atoms with van der Waals surface area (Å²) in [6, 6.07) is 13.9. The second-order valence-electron chi connectivity index (χ2n) is 6.63. The maximum Gasteiger partial charge on any atom is 0.274 e. The fraction of sp³-hybridized carbons (Fsp3) is 0.143. The zero-order valence-electron chi connectivity index (χ0n) is 16.8. The first-order valence-electron chi connectivity index (χ1n) is 9.14. The van der Waals surface area contributed by atoms with Crippen molar-refractivity contribution in [3.05, 3.63) is 71.8 Å². The molecule has 0 spiro atoms. The van der Waals surface area contributed by atoms with E-state index in [4.69, 9.17) is 0 Å². The number of benzene rings is 2. The minimum Gasteiger partial charge on any atom is -0.378 e. The summed E-state index contributed by atoms with van der Waals surface area (Å²) in [6.07, 6.45) is 1.28. The number of aromatic nitrogens is 2. The molecule has 0 saturated heterocycles. The van der Waals surface area contributed by atoms with Crippen molar-refractivity contribution in [2.75, 3.05) is 36.7 Å². The van der Waals surface area contributed by atoms with E-state index in [-0.39, 0.29) is 17.3 Å². The number of rotatable bonds is 6. The van der Waals surface area contributed by atoms with E-state index < -0.39 is 11.8 Å². The van der Waals surface area contributed by atoms with Crippen LogP contribution in [0.3, 0.4) is 0 Å². The largest absolute Gasteiger partial charge is 0.378 e. The van der Waals surface area contributed by atoms with Crippen molar-refractivity contribution >= 4 is 34.8 Å². The minimum absolute atomic E-state index is 0.0131. The summed E-state index contributed by atoms with van der Waals surface area (Å²) >= 11 is 0. The van der Waals surface area contributed by atoms with Gasteiger partial charge in [0.2, 0.25) is 0 Å². The second kappa shape index (κ2) is 8.91. The summed E-state index contributed by atoms with van der Waals surface area (Å²) in [6.45, 7) is 0. The molecule has 3 amide bonds. The molecule has 0 radical (unpaired) electrons. The molecule has 4 N–H and O–H groups in total. The van der Waals surface area contributed by atoms with Gasteiger partial charge in [0.15, 0.2) is 5.69 Å². The highest BCUT2D eigenvalue weighted by Crippen LogP contribution is 2.17. The van der Waals surface area contributed by atoms with Crippen LogP contribution in [0.5, 0.6) is 0 Å². The number of amides is 3. The SMILES string of the molecule is CNC(=O)c1nc[nH]c1C(=O)Nc1ccc(NC(=O)c2ccc(N(C)C)cc2)cc1. The van der Waals surface area contributed by atoms with Crippen LogP contribution in [0.1, 0.15) is 31.3 Å². The molecule has 0 fully saturated rings. The molecule has 1 aromatic heterocycles. The quantitative estimate of drug-likeness (QED) is 0.501. The number of nitrogens with one attached hydrogen (secondary N) is 4. The number of imidazole rings is 1. The Labute approximate surface area is 173 Å². The third kappa shape index (κ3) is 4.64. The number of hydrogen-bond donors (Lipinski definition) is 4. The number of H-pyrrole nitrogens is 1. The van der Waals surface area contributed by atoms with Crippen molar-refractivity contribution < 1.29 is 14.4 Å². The van der Waals surface area contributed by atoms with Crippen LogP contribution in [0.15, 0.2) is 54.9 Å². The molecule has 3 rings (SSSR count). The first-order chi connectivity index (χ1) is 14.4. The van der Waals surface area contributed by atoms with E-state index in [1.54, 1.807) is 36.4 Å². The van der Waals surface area contributed by atoms with Crippen LogP contribution < -0.4 is 20.9 Å². The lowest BCUT2D eigenvalue weighted by Crippen LogP contribution is -2.23. The molecular weight excluding hydrogens is 384 g/mol. The predicted octanol–water partition coefficient (Wildman–Crippen LogP) is 2.34. The third-order valence-electron chi connectivity index (χ3n) is 4.36. The lowest BCUT2D eigenvalue weighted by atomic mass is 10.2. The molecule has 30 heavy (non-hydrogen) atoms. The molecule has 1 heterocycles. The van der Waals surface area contributed by atoms with Crippen molar-refractivity contribution in [2.24, 2.45) is 0 Å². The Morgan fingerprint density at radius 2 is 1.40 bits per heavy atom. The maximum absolute atomic E-state index is 12.4. The lowest BCUT2D eigenvalue weighted by Gasteiger charge is -2.12. The van der Waals surface area contributed by atoms with Gasteiger partial charge in [-0.05, 0) is 48.5 Å². The Morgan fingerprint density at radius 3 is 1.93 bits per heavy atom. The monoisotopic (exact) mass is 406 g/mol. The number of nitrogens with zero attached hydrogens (tertiary/aromatic N) is 2. The fourth-order valence-corrected chi connectivity index (χ4v) is 2.70. The van der Waals surface area contributed by atoms with Gasteiger partial charge in [0.25, 0.3) is 17.7 Å². The van der Waals surface area contributed by atoms with Crippen LogP contribution in [-0.2, 0) is 0 Å². The van der Waals surface area contributed by atoms with Gasteiger partial charge in [-0.25, -0.2) is 4.98 Å². The molecule has 0 aliphatic carbocycles. The Bertz CT molecular complexity index is 1060. The molecule has 2 aromatic carbocycles. The van der Waals surface area contributed by atoms with Gasteiger partial charge in [-0.3, -0.25) is 14.4 Å². The van der Waals surface area contributed by atoms with Gasteiger partial charge >= 0.3 is 0 Å². The second-order valence-corrected chi connectivity index (χ2v) is 6.63. The predicted molar refractivity (Wildman–Crippen MR) is 115 cm³/mol. The number of carbonyl (C=O) groups is 3. The number of hydrogen-bond acceptors (Lipinski definition) is 5. The van der Waals surface area contributed by atoms with E-state index in [0.717, 1.165) is 5.69 Å². The van der Waals surface area contributed by atoms with Crippen molar-refractivity contribution in [2.45, 2.75) is 0 Å². The van der Waals surface area contributed by atoms with E-state index >= 15 is 0 Å². The molecule has 3 aromatic rings. The van der Waals surface area contributed by atoms with Crippen molar-refractivity contribution in [1.82, 2.24) is 15.3 Å². The van der Waals surface area contributed by atoms with E-state index in [0.29, 0.717) is 16.9 Å². The minimum atomic E-state index is -0.496. The molecule has 154 valence electrons. The van der Waals surface area contributed by atoms with Crippen LogP contribution >= 0.6 is 0 Å². The topological polar surface area (TPSA) is 119 Å². The Hall–Kier alpha value is -4.14. The molecule has 0 saturated carbocycles. The standard InChI is InChI=1S/C21H22N6O3/c1-22-20(29)17-18(24-12-23-17)21(30)26-15-8-6-14(7-9-15)25-19(28)13-4-10-16(11-5-13)27(2)3/h4-12H,1-3H3,(H,22,29)(H,23,24)(H,25,28)(H,26,30). The summed E-state index contributed by atoms with van der Waals surface area (Å²) in [4.78, 5) is 45.0. The summed E-state index contributed by atoms with van der Waals surface area (Å²) in [5.74, 6) is -1.19. The number of carbonyl (C=O) groups excluding carboxylic acids is 3. The summed E-state index contributed by atoms with van der Waals surface area (Å²) in [5, 5.41) is 7.93. The molecule has 0 unspecified atom stereocenters. The van der Waals surface area contributed by atoms with Gasteiger partial charge in [0, 0.05) is 43.8 Å². The third-order valence-corrected chi connectivity index (χ3v) is 4.36. The van der Waals surface area contributed by atoms with Gasteiger partial charge in [-0.2, -0.15) is 0 Å². The van der Waals surface area contributed by atoms with Crippen molar-refractivity contribution in [3.8, 4) is 0 Å². The van der Waals surface area contributed by atoms with Crippen molar-refractivity contribution in [3.63, 3.8) is 0 Å². The Morgan fingerprint density at radius 1 is 0.833 bits per heavy atom. The van der Waals surface area contributed by atoms with Gasteiger partial charge in [0.1, 0.15) is 5.69 Å². The van der Waals surface area contributed by atoms with E-state index in [1.807, 2.05) is 31.1 Å². The van der Waals surface area contributed by atoms with Gasteiger partial charge in [-0.15, -0.1) is 0 Å². The van der Waals surface area contributed by atoms with E-state index in [2.05, 4.69) is 25.9 Å². The highest BCUT2D eigenvalue weighted by molar-refractivity contribution is 6.10. The molecule has 0 bridgehead atoms. The van der Waals surface area contributed by atoms with Gasteiger partial charge in [-0.1, -0.05) is 0 Å². The Balaban J connectivity index is 1.63. The number of anilines is 3. The smallest absolute Gasteiger partial charge is 0.274 e. The molecule has 0 aliphatic rings. The average Bonchev–Trinajstić information content (AvgIpc) is 3.24. The highest BCUT2D eigenvalue weighted by Gasteiger charge is 2.19. The van der Waals surface area contributed by atoms with Gasteiger partial charge in [0.05, 0.1) is 6.33 Å². The molecule has 0 aliphatic heterocycles. The molecule has 0 atom stereocenters. The molecule has 9 nitrogen and oxygen atoms in total. The molecule has 9 heteroatoms. The zero-order chi connectivity index (χ0) is 21.7. The lowest BCUT2D eigenvalue weighted by molar-refractivity contribution is 0.0943. The fourth-order valence-electron chi connectivity index (χ4n) is 2.70. The van der Waals surface area contributed by atoms with Crippen LogP contribution in [-0.4, -0.2) is 48.8 Å². The van der Waals surface area contributed by atoms with Crippen LogP contribution in [0, 0.1) is 0 Å².